The van der Waals surface area contributed by atoms with Gasteiger partial charge >= 0.3 is 13.2 Å². The van der Waals surface area contributed by atoms with E-state index in [4.69, 9.17) is 14.0 Å². The van der Waals surface area contributed by atoms with Crippen LogP contribution in [-0.4, -0.2) is 54.1 Å². The highest BCUT2D eigenvalue weighted by Gasteiger charge is 2.52. The molecule has 3 heterocycles. The average molecular weight is 526 g/mol. The summed E-state index contributed by atoms with van der Waals surface area (Å²) in [5.74, 6) is -1.42. The van der Waals surface area contributed by atoms with Crippen molar-refractivity contribution in [2.45, 2.75) is 77.2 Å². The second kappa shape index (κ2) is 9.82. The molecule has 202 valence electrons. The molecule has 0 bridgehead atoms. The number of nitrogens with one attached hydrogen (secondary N) is 1. The summed E-state index contributed by atoms with van der Waals surface area (Å²) < 4.78 is 46.5. The first-order chi connectivity index (χ1) is 17.6. The molecule has 0 spiro atoms. The topological polar surface area (TPSA) is 96.7 Å². The van der Waals surface area contributed by atoms with Crippen molar-refractivity contribution >= 4 is 24.5 Å². The van der Waals surface area contributed by atoms with E-state index in [0.717, 1.165) is 18.2 Å². The second-order valence-corrected chi connectivity index (χ2v) is 11.8. The maximum atomic E-state index is 14.8. The molecule has 2 saturated heterocycles. The monoisotopic (exact) mass is 526 g/mol. The van der Waals surface area contributed by atoms with Gasteiger partial charge < -0.3 is 24.3 Å². The van der Waals surface area contributed by atoms with Gasteiger partial charge in [0.15, 0.2) is 0 Å². The molecule has 0 radical (unpaired) electrons. The molecule has 2 aliphatic heterocycles. The van der Waals surface area contributed by atoms with Gasteiger partial charge in [-0.25, -0.2) is 18.6 Å². The van der Waals surface area contributed by atoms with Gasteiger partial charge in [0.2, 0.25) is 0 Å². The lowest BCUT2D eigenvalue weighted by Crippen LogP contribution is -2.43. The lowest BCUT2D eigenvalue weighted by molar-refractivity contribution is 0.00578. The third-order valence-electron chi connectivity index (χ3n) is 7.21. The van der Waals surface area contributed by atoms with Gasteiger partial charge in [-0.05, 0) is 78.3 Å². The van der Waals surface area contributed by atoms with Crippen LogP contribution in [0.1, 0.15) is 65.5 Å². The Labute approximate surface area is 222 Å². The van der Waals surface area contributed by atoms with Crippen LogP contribution in [0.3, 0.4) is 0 Å². The Balaban J connectivity index is 1.64. The number of nitriles is 1. The van der Waals surface area contributed by atoms with E-state index in [9.17, 15) is 18.8 Å². The number of anilines is 1. The predicted octanol–water partition coefficient (Wildman–Crippen LogP) is 4.03. The quantitative estimate of drug-likeness (QED) is 0.601. The van der Waals surface area contributed by atoms with E-state index >= 15 is 0 Å². The maximum Gasteiger partial charge on any atom is 0.496 e. The number of alkyl carbamates (subject to hydrolysis) is 1. The van der Waals surface area contributed by atoms with Crippen molar-refractivity contribution in [1.29, 1.82) is 5.26 Å². The van der Waals surface area contributed by atoms with Crippen LogP contribution >= 0.6 is 0 Å². The van der Waals surface area contributed by atoms with Crippen LogP contribution in [0, 0.1) is 23.0 Å². The van der Waals surface area contributed by atoms with Crippen molar-refractivity contribution < 1.29 is 27.6 Å². The van der Waals surface area contributed by atoms with Crippen molar-refractivity contribution in [3.8, 4) is 6.07 Å². The summed E-state index contributed by atoms with van der Waals surface area (Å²) in [6, 6.07) is 6.46. The Bertz CT molecular complexity index is 1260. The zero-order valence-corrected chi connectivity index (χ0v) is 22.8. The van der Waals surface area contributed by atoms with Gasteiger partial charge in [0.1, 0.15) is 29.1 Å². The molecule has 11 heteroatoms. The summed E-state index contributed by atoms with van der Waals surface area (Å²) >= 11 is 0. The SMILES string of the molecule is CC(C)(C)OC(=O)NC1CN(c2ncc(B3OC(C)(C)C(C)(C)O3)cc2C#N)CC1c1cc(F)ccc1F. The third kappa shape index (κ3) is 5.61. The zero-order valence-electron chi connectivity index (χ0n) is 22.8. The molecular formula is C27H33BF2N4O4. The van der Waals surface area contributed by atoms with Gasteiger partial charge in [-0.3, -0.25) is 0 Å². The average Bonchev–Trinajstić information content (AvgIpc) is 3.30. The highest BCUT2D eigenvalue weighted by Crippen LogP contribution is 2.37. The number of carbonyl (C=O) groups is 1. The Morgan fingerprint density at radius 2 is 1.84 bits per heavy atom. The summed E-state index contributed by atoms with van der Waals surface area (Å²) in [7, 11) is -0.692. The fourth-order valence-electron chi connectivity index (χ4n) is 4.61. The normalized spacial score (nSPS) is 22.3. The molecule has 1 aromatic heterocycles. The van der Waals surface area contributed by atoms with Gasteiger partial charge in [-0.2, -0.15) is 5.26 Å². The van der Waals surface area contributed by atoms with Crippen molar-refractivity contribution in [2.75, 3.05) is 18.0 Å². The minimum absolute atomic E-state index is 0.126. The molecule has 2 unspecified atom stereocenters. The number of pyridine rings is 1. The molecule has 2 aliphatic rings. The standard InChI is InChI=1S/C27H33BF2N4O4/c1-25(2,3)36-24(35)33-22-15-34(14-20(22)19-11-18(29)8-9-21(19)30)23-16(12-31)10-17(13-32-23)28-37-26(4,5)27(6,7)38-28/h8-11,13,20,22H,14-15H2,1-7H3,(H,33,35). The molecule has 1 aromatic carbocycles. The number of amides is 1. The highest BCUT2D eigenvalue weighted by molar-refractivity contribution is 6.62. The Kier molecular flexibility index (Phi) is 7.19. The molecule has 2 aromatic rings. The van der Waals surface area contributed by atoms with Crippen LogP contribution in [0.25, 0.3) is 0 Å². The van der Waals surface area contributed by atoms with E-state index in [-0.39, 0.29) is 24.2 Å². The van der Waals surface area contributed by atoms with E-state index in [0.29, 0.717) is 11.3 Å². The number of nitrogens with zero attached hydrogens (tertiary/aromatic N) is 3. The minimum Gasteiger partial charge on any atom is -0.444 e. The first-order valence-electron chi connectivity index (χ1n) is 12.6. The van der Waals surface area contributed by atoms with E-state index in [1.54, 1.807) is 37.9 Å². The van der Waals surface area contributed by atoms with Crippen molar-refractivity contribution in [3.63, 3.8) is 0 Å². The van der Waals surface area contributed by atoms with Gasteiger partial charge in [0, 0.05) is 30.7 Å². The van der Waals surface area contributed by atoms with Crippen LogP contribution in [0.2, 0.25) is 0 Å². The van der Waals surface area contributed by atoms with Crippen LogP contribution in [0.4, 0.5) is 19.4 Å². The lowest BCUT2D eigenvalue weighted by Gasteiger charge is -2.32. The highest BCUT2D eigenvalue weighted by atomic mass is 19.1. The molecule has 38 heavy (non-hydrogen) atoms. The number of hydrogen-bond acceptors (Lipinski definition) is 7. The molecular weight excluding hydrogens is 493 g/mol. The molecule has 8 nitrogen and oxygen atoms in total. The number of aromatic nitrogens is 1. The largest absolute Gasteiger partial charge is 0.496 e. The number of ether oxygens (including phenoxy) is 1. The molecule has 2 atom stereocenters. The minimum atomic E-state index is -0.735. The number of halogens is 2. The summed E-state index contributed by atoms with van der Waals surface area (Å²) in [5, 5.41) is 12.8. The van der Waals surface area contributed by atoms with Gasteiger partial charge in [-0.1, -0.05) is 0 Å². The van der Waals surface area contributed by atoms with Gasteiger partial charge in [0.05, 0.1) is 22.8 Å². The van der Waals surface area contributed by atoms with Crippen LogP contribution in [-0.2, 0) is 14.0 Å². The number of benzene rings is 1. The summed E-state index contributed by atoms with van der Waals surface area (Å²) in [6.45, 7) is 13.4. The smallest absolute Gasteiger partial charge is 0.444 e. The van der Waals surface area contributed by atoms with Crippen LogP contribution in [0.5, 0.6) is 0 Å². The molecule has 1 amide bonds. The van der Waals surface area contributed by atoms with Crippen molar-refractivity contribution in [3.05, 3.63) is 53.2 Å². The van der Waals surface area contributed by atoms with Crippen molar-refractivity contribution in [1.82, 2.24) is 10.3 Å². The molecule has 2 fully saturated rings. The first-order valence-corrected chi connectivity index (χ1v) is 12.6. The zero-order chi connectivity index (χ0) is 28.0. The molecule has 0 saturated carbocycles. The number of carbonyl (C=O) groups excluding carboxylic acids is 1. The first kappa shape index (κ1) is 27.8. The summed E-state index contributed by atoms with van der Waals surface area (Å²) in [4.78, 5) is 18.9. The second-order valence-electron chi connectivity index (χ2n) is 11.8. The van der Waals surface area contributed by atoms with Gasteiger partial charge in [-0.15, -0.1) is 0 Å². The number of hydrogen-bond donors (Lipinski definition) is 1. The van der Waals surface area contributed by atoms with Crippen LogP contribution in [0.15, 0.2) is 30.5 Å². The Morgan fingerprint density at radius 1 is 1.18 bits per heavy atom. The molecule has 1 N–H and O–H groups in total. The maximum absolute atomic E-state index is 14.8. The van der Waals surface area contributed by atoms with E-state index in [2.05, 4.69) is 16.4 Å². The van der Waals surface area contributed by atoms with E-state index in [1.165, 1.54) is 0 Å². The van der Waals surface area contributed by atoms with E-state index < -0.39 is 53.6 Å². The number of rotatable bonds is 4. The molecule has 4 rings (SSSR count). The Hall–Kier alpha value is -3.23. The summed E-state index contributed by atoms with van der Waals surface area (Å²) in [6.07, 6.45) is 0.917. The fraction of sp³-hybridized carbons (Fsp3) is 0.519. The van der Waals surface area contributed by atoms with E-state index in [1.807, 2.05) is 27.7 Å². The fourth-order valence-corrected chi connectivity index (χ4v) is 4.61. The lowest BCUT2D eigenvalue weighted by atomic mass is 9.79. The Morgan fingerprint density at radius 3 is 2.45 bits per heavy atom. The van der Waals surface area contributed by atoms with Crippen LogP contribution < -0.4 is 15.7 Å². The van der Waals surface area contributed by atoms with Gasteiger partial charge in [0.25, 0.3) is 0 Å². The summed E-state index contributed by atoms with van der Waals surface area (Å²) in [5.41, 5.74) is -0.850. The van der Waals surface area contributed by atoms with Crippen molar-refractivity contribution in [2.24, 2.45) is 0 Å². The predicted molar refractivity (Wildman–Crippen MR) is 139 cm³/mol. The molecule has 0 aliphatic carbocycles. The third-order valence-corrected chi connectivity index (χ3v) is 7.21.